The van der Waals surface area contributed by atoms with Gasteiger partial charge in [0.1, 0.15) is 33.4 Å². The van der Waals surface area contributed by atoms with Gasteiger partial charge < -0.3 is 20.4 Å². The Balaban J connectivity index is 1.49. The Kier molecular flexibility index (Phi) is 6.96. The van der Waals surface area contributed by atoms with Gasteiger partial charge >= 0.3 is 6.61 Å². The molecule has 0 fully saturated rings. The van der Waals surface area contributed by atoms with Crippen molar-refractivity contribution in [2.24, 2.45) is 5.92 Å². The Morgan fingerprint density at radius 1 is 1.26 bits per heavy atom. The van der Waals surface area contributed by atoms with E-state index in [4.69, 9.17) is 0 Å². The number of hydrogen-bond acceptors (Lipinski definition) is 7. The third kappa shape index (κ3) is 5.79. The van der Waals surface area contributed by atoms with Crippen LogP contribution in [-0.4, -0.2) is 54.4 Å². The van der Waals surface area contributed by atoms with Gasteiger partial charge in [-0.1, -0.05) is 0 Å². The number of anilines is 2. The third-order valence-corrected chi connectivity index (χ3v) is 6.71. The first kappa shape index (κ1) is 23.9. The average Bonchev–Trinajstić information content (AvgIpc) is 3.15. The predicted octanol–water partition coefficient (Wildman–Crippen LogP) is 2.96. The number of amides is 1. The summed E-state index contributed by atoms with van der Waals surface area (Å²) in [5.41, 5.74) is 3.24. The second-order valence-corrected chi connectivity index (χ2v) is 10.5. The number of aromatic amines is 1. The quantitative estimate of drug-likeness (QED) is 0.391. The molecule has 0 radical (unpaired) electrons. The SMILES string of the molecule is CS(=O)(=O)CCCNC(=O)[C@H]1CCc2[nH]c3ncnc(Nc4ccc(OC(F)F)cc4)c3c2C1. The van der Waals surface area contributed by atoms with Gasteiger partial charge in [0.25, 0.3) is 0 Å². The van der Waals surface area contributed by atoms with Crippen LogP contribution in [0.4, 0.5) is 20.3 Å². The van der Waals surface area contributed by atoms with Gasteiger partial charge in [0, 0.05) is 30.1 Å². The van der Waals surface area contributed by atoms with Crippen molar-refractivity contribution in [2.75, 3.05) is 23.9 Å². The zero-order valence-corrected chi connectivity index (χ0v) is 19.3. The van der Waals surface area contributed by atoms with Crippen molar-refractivity contribution in [3.63, 3.8) is 0 Å². The lowest BCUT2D eigenvalue weighted by Crippen LogP contribution is -2.35. The van der Waals surface area contributed by atoms with E-state index < -0.39 is 16.4 Å². The number of carbonyl (C=O) groups excluding carboxylic acids is 1. The first-order valence-electron chi connectivity index (χ1n) is 10.8. The van der Waals surface area contributed by atoms with E-state index in [0.717, 1.165) is 16.6 Å². The number of rotatable bonds is 9. The number of alkyl halides is 2. The van der Waals surface area contributed by atoms with Crippen LogP contribution in [0.15, 0.2) is 30.6 Å². The van der Waals surface area contributed by atoms with E-state index in [1.54, 1.807) is 12.1 Å². The van der Waals surface area contributed by atoms with Crippen molar-refractivity contribution in [1.82, 2.24) is 20.3 Å². The molecule has 0 saturated carbocycles. The molecule has 0 bridgehead atoms. The maximum Gasteiger partial charge on any atom is 0.387 e. The molecular formula is C22H25F2N5O4S. The Morgan fingerprint density at radius 2 is 2.03 bits per heavy atom. The van der Waals surface area contributed by atoms with Crippen LogP contribution in [0.3, 0.4) is 0 Å². The number of carbonyl (C=O) groups is 1. The van der Waals surface area contributed by atoms with Crippen molar-refractivity contribution in [3.8, 4) is 5.75 Å². The zero-order valence-electron chi connectivity index (χ0n) is 18.5. The lowest BCUT2D eigenvalue weighted by atomic mass is 9.86. The van der Waals surface area contributed by atoms with Crippen molar-refractivity contribution in [3.05, 3.63) is 41.9 Å². The number of ether oxygens (including phenoxy) is 1. The van der Waals surface area contributed by atoms with Crippen LogP contribution < -0.4 is 15.4 Å². The summed E-state index contributed by atoms with van der Waals surface area (Å²) in [5.74, 6) is 0.279. The van der Waals surface area contributed by atoms with E-state index >= 15 is 0 Å². The molecule has 2 aromatic heterocycles. The molecule has 0 saturated heterocycles. The molecule has 182 valence electrons. The van der Waals surface area contributed by atoms with Gasteiger partial charge in [-0.15, -0.1) is 0 Å². The molecule has 1 aliphatic rings. The van der Waals surface area contributed by atoms with Gasteiger partial charge in [-0.2, -0.15) is 8.78 Å². The molecule has 1 amide bonds. The number of benzene rings is 1. The van der Waals surface area contributed by atoms with Gasteiger partial charge in [-0.05, 0) is 55.5 Å². The van der Waals surface area contributed by atoms with Crippen LogP contribution in [0.5, 0.6) is 5.75 Å². The molecular weight excluding hydrogens is 468 g/mol. The number of hydrogen-bond donors (Lipinski definition) is 3. The van der Waals surface area contributed by atoms with Crippen LogP contribution >= 0.6 is 0 Å². The van der Waals surface area contributed by atoms with Crippen LogP contribution in [0, 0.1) is 5.92 Å². The van der Waals surface area contributed by atoms with E-state index in [9.17, 15) is 22.0 Å². The molecule has 9 nitrogen and oxygen atoms in total. The number of fused-ring (bicyclic) bond motifs is 3. The molecule has 34 heavy (non-hydrogen) atoms. The van der Waals surface area contributed by atoms with Crippen LogP contribution in [0.2, 0.25) is 0 Å². The van der Waals surface area contributed by atoms with Gasteiger partial charge in [0.2, 0.25) is 5.91 Å². The van der Waals surface area contributed by atoms with Crippen molar-refractivity contribution in [1.29, 1.82) is 0 Å². The highest BCUT2D eigenvalue weighted by Gasteiger charge is 2.29. The fourth-order valence-corrected chi connectivity index (χ4v) is 4.78. The van der Waals surface area contributed by atoms with E-state index in [-0.39, 0.29) is 23.3 Å². The molecule has 0 unspecified atom stereocenters. The van der Waals surface area contributed by atoms with Crippen LogP contribution in [-0.2, 0) is 27.5 Å². The molecule has 3 N–H and O–H groups in total. The lowest BCUT2D eigenvalue weighted by molar-refractivity contribution is -0.125. The summed E-state index contributed by atoms with van der Waals surface area (Å²) >= 11 is 0. The second kappa shape index (κ2) is 9.92. The number of nitrogens with one attached hydrogen (secondary N) is 3. The third-order valence-electron chi connectivity index (χ3n) is 5.68. The summed E-state index contributed by atoms with van der Waals surface area (Å²) in [4.78, 5) is 24.7. The number of nitrogens with zero attached hydrogens (tertiary/aromatic N) is 2. The molecule has 1 aromatic carbocycles. The van der Waals surface area contributed by atoms with Crippen molar-refractivity contribution < 1.29 is 26.7 Å². The molecule has 1 atom stereocenters. The fraction of sp³-hybridized carbons (Fsp3) is 0.409. The molecule has 1 aliphatic carbocycles. The smallest absolute Gasteiger partial charge is 0.387 e. The fourth-order valence-electron chi connectivity index (χ4n) is 4.11. The standard InChI is InChI=1S/C22H25F2N5O4S/c1-34(31,32)10-2-9-25-21(30)13-3-8-17-16(11-13)18-19(26-12-27-20(18)29-17)28-14-4-6-15(7-5-14)33-22(23)24/h4-7,12-13,22H,2-3,8-11H2,1H3,(H,25,30)(H2,26,27,28,29)/t13-/m0/s1. The average molecular weight is 494 g/mol. The highest BCUT2D eigenvalue weighted by atomic mass is 32.2. The van der Waals surface area contributed by atoms with Crippen molar-refractivity contribution >= 4 is 38.3 Å². The minimum absolute atomic E-state index is 0.0339. The summed E-state index contributed by atoms with van der Waals surface area (Å²) in [7, 11) is -3.06. The van der Waals surface area contributed by atoms with E-state index in [1.807, 2.05) is 0 Å². The lowest BCUT2D eigenvalue weighted by Gasteiger charge is -2.22. The van der Waals surface area contributed by atoms with Crippen LogP contribution in [0.25, 0.3) is 11.0 Å². The summed E-state index contributed by atoms with van der Waals surface area (Å²) < 4.78 is 51.7. The summed E-state index contributed by atoms with van der Waals surface area (Å²) in [6, 6.07) is 6.09. The minimum atomic E-state index is -3.06. The molecule has 0 aliphatic heterocycles. The number of halogens is 2. The number of sulfone groups is 1. The van der Waals surface area contributed by atoms with Gasteiger partial charge in [0.05, 0.1) is 11.1 Å². The van der Waals surface area contributed by atoms with Gasteiger partial charge in [-0.25, -0.2) is 18.4 Å². The summed E-state index contributed by atoms with van der Waals surface area (Å²) in [6.45, 7) is -2.58. The minimum Gasteiger partial charge on any atom is -0.435 e. The molecule has 4 rings (SSSR count). The first-order valence-corrected chi connectivity index (χ1v) is 12.9. The zero-order chi connectivity index (χ0) is 24.3. The summed E-state index contributed by atoms with van der Waals surface area (Å²) in [6.07, 6.45) is 4.81. The Morgan fingerprint density at radius 3 is 2.74 bits per heavy atom. The molecule has 2 heterocycles. The molecule has 0 spiro atoms. The summed E-state index contributed by atoms with van der Waals surface area (Å²) in [5, 5.41) is 6.81. The van der Waals surface area contributed by atoms with E-state index in [0.29, 0.717) is 49.4 Å². The van der Waals surface area contributed by atoms with Crippen LogP contribution in [0.1, 0.15) is 24.1 Å². The second-order valence-electron chi connectivity index (χ2n) is 8.27. The normalized spacial score (nSPS) is 15.8. The maximum atomic E-state index is 12.7. The molecule has 12 heteroatoms. The Bertz CT molecular complexity index is 1280. The monoisotopic (exact) mass is 493 g/mol. The first-order chi connectivity index (χ1) is 16.2. The Hall–Kier alpha value is -3.28. The topological polar surface area (TPSA) is 126 Å². The molecule has 3 aromatic rings. The predicted molar refractivity (Wildman–Crippen MR) is 123 cm³/mol. The van der Waals surface area contributed by atoms with Gasteiger partial charge in [-0.3, -0.25) is 4.79 Å². The maximum absolute atomic E-state index is 12.7. The number of aryl methyl sites for hydroxylation is 1. The number of aromatic nitrogens is 3. The number of H-pyrrole nitrogens is 1. The Labute approximate surface area is 195 Å². The van der Waals surface area contributed by atoms with Crippen molar-refractivity contribution in [2.45, 2.75) is 32.3 Å². The van der Waals surface area contributed by atoms with Gasteiger partial charge in [0.15, 0.2) is 0 Å². The van der Waals surface area contributed by atoms with E-state index in [2.05, 4.69) is 30.3 Å². The highest BCUT2D eigenvalue weighted by molar-refractivity contribution is 7.90. The van der Waals surface area contributed by atoms with E-state index in [1.165, 1.54) is 24.7 Å². The largest absolute Gasteiger partial charge is 0.435 e. The highest BCUT2D eigenvalue weighted by Crippen LogP contribution is 2.35.